The van der Waals surface area contributed by atoms with E-state index in [1.165, 1.54) is 0 Å². The third-order valence-electron chi connectivity index (χ3n) is 0.993. The maximum atomic E-state index is 5.06. The molecule has 0 unspecified atom stereocenters. The third kappa shape index (κ3) is 1.49. The van der Waals surface area contributed by atoms with E-state index in [9.17, 15) is 0 Å². The highest BCUT2D eigenvalue weighted by Crippen LogP contribution is 2.13. The fraction of sp³-hybridized carbons (Fsp3) is 0.429. The molecule has 0 aliphatic heterocycles. The Morgan fingerprint density at radius 2 is 2.44 bits per heavy atom. The van der Waals surface area contributed by atoms with Gasteiger partial charge in [-0.05, 0) is 19.4 Å². The van der Waals surface area contributed by atoms with Gasteiger partial charge in [0.05, 0.1) is 12.9 Å². The Bertz CT molecular complexity index is 179. The number of aryl methyl sites for hydroxylation is 1. The summed E-state index contributed by atoms with van der Waals surface area (Å²) in [6, 6.07) is 1.86. The SMILES string of the molecule is CCOc1cc(C)co1. The third-order valence-corrected chi connectivity index (χ3v) is 0.993. The van der Waals surface area contributed by atoms with Crippen molar-refractivity contribution in [3.05, 3.63) is 17.9 Å². The van der Waals surface area contributed by atoms with Crippen LogP contribution in [0.3, 0.4) is 0 Å². The molecule has 2 nitrogen and oxygen atoms in total. The molecule has 0 N–H and O–H groups in total. The molecule has 50 valence electrons. The van der Waals surface area contributed by atoms with E-state index in [0.29, 0.717) is 12.6 Å². The highest BCUT2D eigenvalue weighted by Gasteiger charge is 1.94. The van der Waals surface area contributed by atoms with Crippen LogP contribution in [0, 0.1) is 6.92 Å². The molecule has 1 aromatic heterocycles. The highest BCUT2D eigenvalue weighted by molar-refractivity contribution is 5.14. The van der Waals surface area contributed by atoms with E-state index in [0.717, 1.165) is 5.56 Å². The van der Waals surface area contributed by atoms with E-state index in [1.54, 1.807) is 6.26 Å². The van der Waals surface area contributed by atoms with Crippen LogP contribution in [-0.2, 0) is 0 Å². The fourth-order valence-corrected chi connectivity index (χ4v) is 0.623. The lowest BCUT2D eigenvalue weighted by atomic mass is 10.4. The second kappa shape index (κ2) is 2.58. The minimum atomic E-state index is 0.606. The molecule has 1 rings (SSSR count). The number of furan rings is 1. The van der Waals surface area contributed by atoms with Gasteiger partial charge in [-0.3, -0.25) is 0 Å². The van der Waals surface area contributed by atoms with Crippen molar-refractivity contribution in [3.63, 3.8) is 0 Å². The normalized spacial score (nSPS) is 9.56. The quantitative estimate of drug-likeness (QED) is 0.604. The van der Waals surface area contributed by atoms with Crippen LogP contribution in [0.5, 0.6) is 5.95 Å². The Hall–Kier alpha value is -0.920. The standard InChI is InChI=1S/C7H10O2/c1-3-8-7-4-6(2)5-9-7/h4-5H,3H2,1-2H3. The minimum absolute atomic E-state index is 0.606. The number of hydrogen-bond acceptors (Lipinski definition) is 2. The molecule has 9 heavy (non-hydrogen) atoms. The summed E-state index contributed by atoms with van der Waals surface area (Å²) in [5.74, 6) is 0.606. The Balaban J connectivity index is 2.61. The van der Waals surface area contributed by atoms with Gasteiger partial charge in [0.2, 0.25) is 0 Å². The molecule has 0 fully saturated rings. The van der Waals surface area contributed by atoms with Crippen molar-refractivity contribution in [2.45, 2.75) is 13.8 Å². The molecular formula is C7H10O2. The molecule has 0 aliphatic carbocycles. The highest BCUT2D eigenvalue weighted by atomic mass is 16.6. The molecule has 0 saturated carbocycles. The first-order valence-electron chi connectivity index (χ1n) is 3.01. The maximum Gasteiger partial charge on any atom is 0.284 e. The van der Waals surface area contributed by atoms with E-state index in [-0.39, 0.29) is 0 Å². The molecule has 0 amide bonds. The van der Waals surface area contributed by atoms with Crippen LogP contribution in [0.4, 0.5) is 0 Å². The number of ether oxygens (including phenoxy) is 1. The molecule has 0 aliphatic rings. The molecular weight excluding hydrogens is 116 g/mol. The summed E-state index contributed by atoms with van der Waals surface area (Å²) < 4.78 is 10.0. The minimum Gasteiger partial charge on any atom is -0.465 e. The topological polar surface area (TPSA) is 22.4 Å². The molecule has 0 aromatic carbocycles. The zero-order valence-electron chi connectivity index (χ0n) is 5.68. The molecule has 0 radical (unpaired) electrons. The summed E-state index contributed by atoms with van der Waals surface area (Å²) in [6.45, 7) is 4.55. The molecule has 1 aromatic rings. The van der Waals surface area contributed by atoms with Crippen LogP contribution in [0.25, 0.3) is 0 Å². The van der Waals surface area contributed by atoms with Crippen LogP contribution in [0.1, 0.15) is 12.5 Å². The van der Waals surface area contributed by atoms with Crippen LogP contribution in [0.15, 0.2) is 16.7 Å². The second-order valence-electron chi connectivity index (χ2n) is 1.88. The van der Waals surface area contributed by atoms with Gasteiger partial charge in [-0.25, -0.2) is 0 Å². The van der Waals surface area contributed by atoms with E-state index in [4.69, 9.17) is 9.15 Å². The smallest absolute Gasteiger partial charge is 0.284 e. The Kier molecular flexibility index (Phi) is 1.78. The van der Waals surface area contributed by atoms with Crippen molar-refractivity contribution in [2.75, 3.05) is 6.61 Å². The van der Waals surface area contributed by atoms with E-state index in [2.05, 4.69) is 0 Å². The fourth-order valence-electron chi connectivity index (χ4n) is 0.623. The first-order chi connectivity index (χ1) is 4.33. The lowest BCUT2D eigenvalue weighted by Crippen LogP contribution is -1.87. The van der Waals surface area contributed by atoms with Crippen molar-refractivity contribution < 1.29 is 9.15 Å². The van der Waals surface area contributed by atoms with Gasteiger partial charge in [-0.15, -0.1) is 0 Å². The van der Waals surface area contributed by atoms with Crippen LogP contribution in [-0.4, -0.2) is 6.61 Å². The van der Waals surface area contributed by atoms with Crippen molar-refractivity contribution in [1.29, 1.82) is 0 Å². The van der Waals surface area contributed by atoms with Crippen molar-refractivity contribution in [1.82, 2.24) is 0 Å². The average Bonchev–Trinajstić information content (AvgIpc) is 2.17. The summed E-state index contributed by atoms with van der Waals surface area (Å²) in [5.41, 5.74) is 1.10. The molecule has 0 saturated heterocycles. The zero-order valence-corrected chi connectivity index (χ0v) is 5.68. The number of rotatable bonds is 2. The predicted octanol–water partition coefficient (Wildman–Crippen LogP) is 1.99. The lowest BCUT2D eigenvalue weighted by molar-refractivity contribution is 0.257. The summed E-state index contributed by atoms with van der Waals surface area (Å²) in [7, 11) is 0. The number of hydrogen-bond donors (Lipinski definition) is 0. The lowest BCUT2D eigenvalue weighted by Gasteiger charge is -1.92. The first-order valence-corrected chi connectivity index (χ1v) is 3.01. The van der Waals surface area contributed by atoms with Gasteiger partial charge < -0.3 is 9.15 Å². The summed E-state index contributed by atoms with van der Waals surface area (Å²) in [5, 5.41) is 0. The molecule has 1 heterocycles. The summed E-state index contributed by atoms with van der Waals surface area (Å²) in [4.78, 5) is 0. The average molecular weight is 126 g/mol. The molecule has 0 spiro atoms. The van der Waals surface area contributed by atoms with Gasteiger partial charge in [-0.1, -0.05) is 0 Å². The van der Waals surface area contributed by atoms with E-state index < -0.39 is 0 Å². The zero-order chi connectivity index (χ0) is 6.69. The first kappa shape index (κ1) is 6.20. The van der Waals surface area contributed by atoms with Crippen molar-refractivity contribution >= 4 is 0 Å². The van der Waals surface area contributed by atoms with E-state index >= 15 is 0 Å². The predicted molar refractivity (Wildman–Crippen MR) is 34.6 cm³/mol. The monoisotopic (exact) mass is 126 g/mol. The van der Waals surface area contributed by atoms with Gasteiger partial charge in [-0.2, -0.15) is 0 Å². The maximum absolute atomic E-state index is 5.06. The molecule has 0 bridgehead atoms. The van der Waals surface area contributed by atoms with E-state index in [1.807, 2.05) is 19.9 Å². The Morgan fingerprint density at radius 3 is 2.89 bits per heavy atom. The Morgan fingerprint density at radius 1 is 1.67 bits per heavy atom. The van der Waals surface area contributed by atoms with Crippen molar-refractivity contribution in [2.24, 2.45) is 0 Å². The Labute approximate surface area is 54.4 Å². The van der Waals surface area contributed by atoms with Gasteiger partial charge in [0, 0.05) is 6.07 Å². The van der Waals surface area contributed by atoms with Crippen LogP contribution in [0.2, 0.25) is 0 Å². The van der Waals surface area contributed by atoms with Crippen LogP contribution >= 0.6 is 0 Å². The molecule has 2 heteroatoms. The van der Waals surface area contributed by atoms with Gasteiger partial charge >= 0.3 is 0 Å². The van der Waals surface area contributed by atoms with Gasteiger partial charge in [0.25, 0.3) is 5.95 Å². The second-order valence-corrected chi connectivity index (χ2v) is 1.88. The summed E-state index contributed by atoms with van der Waals surface area (Å²) in [6.07, 6.45) is 1.67. The van der Waals surface area contributed by atoms with Crippen molar-refractivity contribution in [3.8, 4) is 5.95 Å². The molecule has 0 atom stereocenters. The summed E-state index contributed by atoms with van der Waals surface area (Å²) >= 11 is 0. The van der Waals surface area contributed by atoms with Crippen LogP contribution < -0.4 is 4.74 Å². The van der Waals surface area contributed by atoms with Gasteiger partial charge in [0.1, 0.15) is 0 Å². The largest absolute Gasteiger partial charge is 0.465 e. The van der Waals surface area contributed by atoms with Gasteiger partial charge in [0.15, 0.2) is 0 Å².